The second kappa shape index (κ2) is 24.5. The van der Waals surface area contributed by atoms with Crippen LogP contribution in [-0.2, 0) is 0 Å². The Bertz CT molecular complexity index is 2930. The monoisotopic (exact) mass is 999 g/mol. The average Bonchev–Trinajstić information content (AvgIpc) is 3.39. The van der Waals surface area contributed by atoms with Crippen molar-refractivity contribution in [2.45, 2.75) is 0 Å². The summed E-state index contributed by atoms with van der Waals surface area (Å²) in [6.07, 6.45) is 17.8. The van der Waals surface area contributed by atoms with Crippen molar-refractivity contribution in [3.05, 3.63) is 215 Å². The van der Waals surface area contributed by atoms with Crippen LogP contribution in [0, 0.1) is 68.0 Å². The van der Waals surface area contributed by atoms with Crippen molar-refractivity contribution in [3.63, 3.8) is 0 Å². The van der Waals surface area contributed by atoms with E-state index < -0.39 is 23.0 Å². The molecule has 1 aliphatic rings. The zero-order valence-corrected chi connectivity index (χ0v) is 40.3. The summed E-state index contributed by atoms with van der Waals surface area (Å²) in [5, 5.41) is 55.3. The van der Waals surface area contributed by atoms with Gasteiger partial charge in [-0.1, -0.05) is 86.3 Å². The minimum atomic E-state index is -4.37. The highest BCUT2D eigenvalue weighted by molar-refractivity contribution is 7.79. The van der Waals surface area contributed by atoms with Gasteiger partial charge in [0.15, 0.2) is 0 Å². The Morgan fingerprint density at radius 1 is 0.250 bits per heavy atom. The largest absolute Gasteiger partial charge is 0.460 e. The Morgan fingerprint density at radius 2 is 0.389 bits per heavy atom. The minimum absolute atomic E-state index is 0.223. The number of nitrogens with zero attached hydrogens (tertiary/aromatic N) is 9. The summed E-state index contributed by atoms with van der Waals surface area (Å²) in [5.74, 6) is 1.34. The highest BCUT2D eigenvalue weighted by Gasteiger charge is 2.49. The quantitative estimate of drug-likeness (QED) is 0.0577. The fourth-order valence-corrected chi connectivity index (χ4v) is 15.3. The van der Waals surface area contributed by atoms with E-state index in [1.165, 1.54) is 36.5 Å². The molecule has 0 radical (unpaired) electrons. The average molecular weight is 1000 g/mol. The molecular weight excluding hydrogens is 964 g/mol. The van der Waals surface area contributed by atoms with Crippen molar-refractivity contribution in [3.8, 4) is 70.9 Å². The first-order valence-corrected chi connectivity index (χ1v) is 25.8. The molecule has 0 unspecified atom stereocenters. The van der Waals surface area contributed by atoms with Gasteiger partial charge in [-0.15, -0.1) is 0 Å². The van der Waals surface area contributed by atoms with Crippen LogP contribution in [0.3, 0.4) is 0 Å². The van der Waals surface area contributed by atoms with Crippen molar-refractivity contribution in [2.24, 2.45) is 13.5 Å². The first-order chi connectivity index (χ1) is 35.2. The number of allylic oxidation sites excluding steroid dienone is 6. The number of nitriles is 6. The molecule has 0 fully saturated rings. The van der Waals surface area contributed by atoms with Crippen LogP contribution in [0.15, 0.2) is 196 Å². The lowest BCUT2D eigenvalue weighted by Gasteiger charge is -2.33. The maximum Gasteiger partial charge on any atom is 0.460 e. The van der Waals surface area contributed by atoms with Gasteiger partial charge in [0.05, 0.1) is 36.4 Å². The molecule has 6 aromatic rings. The van der Waals surface area contributed by atoms with Crippen molar-refractivity contribution in [2.75, 3.05) is 0 Å². The Kier molecular flexibility index (Phi) is 17.0. The van der Waals surface area contributed by atoms with Gasteiger partial charge >= 0.3 is 23.0 Å². The molecule has 0 aromatic heterocycles. The van der Waals surface area contributed by atoms with E-state index in [-0.39, 0.29) is 34.5 Å². The van der Waals surface area contributed by atoms with Gasteiger partial charge in [0.1, 0.15) is 34.5 Å². The van der Waals surface area contributed by atoms with Crippen LogP contribution in [0.4, 0.5) is 0 Å². The Hall–Kier alpha value is -9.81. The van der Waals surface area contributed by atoms with E-state index in [0.29, 0.717) is 33.4 Å². The fraction of sp³-hybridized carbons (Fsp3) is 0. The molecule has 0 atom stereocenters. The number of hydrogen-bond donors (Lipinski definition) is 0. The third kappa shape index (κ3) is 14.1. The summed E-state index contributed by atoms with van der Waals surface area (Å²) in [5.41, 5.74) is 4.14. The van der Waals surface area contributed by atoms with Gasteiger partial charge in [-0.25, -0.2) is 0 Å². The molecule has 15 nitrogen and oxygen atoms in total. The predicted octanol–water partition coefficient (Wildman–Crippen LogP) is 15.5. The molecule has 1 heterocycles. The molecule has 1 aliphatic heterocycles. The van der Waals surface area contributed by atoms with Crippen LogP contribution in [-0.4, -0.2) is 0 Å². The summed E-state index contributed by atoms with van der Waals surface area (Å²) >= 11 is 0. The smallest absolute Gasteiger partial charge is 0.413 e. The molecule has 0 saturated carbocycles. The van der Waals surface area contributed by atoms with Crippen LogP contribution in [0.1, 0.15) is 33.4 Å². The highest BCUT2D eigenvalue weighted by atomic mass is 31.3. The van der Waals surface area contributed by atoms with Gasteiger partial charge < -0.3 is 27.1 Å². The molecule has 18 heteroatoms. The first-order valence-electron chi connectivity index (χ1n) is 21.3. The van der Waals surface area contributed by atoms with Crippen LogP contribution in [0.5, 0.6) is 34.5 Å². The van der Waals surface area contributed by atoms with Gasteiger partial charge in [-0.05, 0) is 143 Å². The molecule has 0 N–H and O–H groups in total. The Labute approximate surface area is 416 Å². The lowest BCUT2D eigenvalue weighted by Crippen LogP contribution is -2.11. The number of benzene rings is 6. The van der Waals surface area contributed by atoms with Crippen LogP contribution >= 0.6 is 23.0 Å². The van der Waals surface area contributed by atoms with Crippen LogP contribution in [0.2, 0.25) is 0 Å². The molecule has 0 amide bonds. The van der Waals surface area contributed by atoms with E-state index in [2.05, 4.69) is 0 Å². The molecular formula is C54H36N9O6P3. The third-order valence-corrected chi connectivity index (χ3v) is 17.5. The third-order valence-electron chi connectivity index (χ3n) is 9.41. The van der Waals surface area contributed by atoms with Crippen molar-refractivity contribution >= 4 is 59.4 Å². The zero-order valence-electron chi connectivity index (χ0n) is 37.6. The lowest BCUT2D eigenvalue weighted by molar-refractivity contribution is 0.443. The van der Waals surface area contributed by atoms with Gasteiger partial charge in [0.25, 0.3) is 0 Å². The molecule has 72 heavy (non-hydrogen) atoms. The Balaban J connectivity index is 1.57. The first kappa shape index (κ1) is 50.1. The van der Waals surface area contributed by atoms with Gasteiger partial charge in [0, 0.05) is 36.5 Å². The van der Waals surface area contributed by atoms with E-state index in [1.807, 2.05) is 36.4 Å². The number of rotatable bonds is 18. The predicted molar refractivity (Wildman–Crippen MR) is 278 cm³/mol. The zero-order chi connectivity index (χ0) is 50.5. The summed E-state index contributed by atoms with van der Waals surface area (Å²) < 4.78 is 57.4. The molecule has 0 aliphatic carbocycles. The van der Waals surface area contributed by atoms with E-state index in [1.54, 1.807) is 182 Å². The van der Waals surface area contributed by atoms with Crippen LogP contribution < -0.4 is 27.1 Å². The molecule has 7 rings (SSSR count). The molecule has 6 aromatic carbocycles. The van der Waals surface area contributed by atoms with Crippen molar-refractivity contribution in [1.82, 2.24) is 0 Å². The maximum atomic E-state index is 9.22. The van der Waals surface area contributed by atoms with Crippen molar-refractivity contribution in [1.29, 1.82) is 31.6 Å². The number of hydrogen-bond acceptors (Lipinski definition) is 15. The summed E-state index contributed by atoms with van der Waals surface area (Å²) in [6.45, 7) is 0. The SMILES string of the molecule is N#C/C=C/c1ccc(OP2(Oc3ccc(/C=C/C#N)cc3)=NP(Oc3ccc(/C=C/C#N)cc3)(Oc3ccc(/C=C/C#N)cc3)=NP(Oc3ccc(/C=C/C#N)cc3)(Oc3ccc(/C=C/C#N)cc3)=N2)cc1. The summed E-state index contributed by atoms with van der Waals surface area (Å²) in [7, 11) is -13.1. The van der Waals surface area contributed by atoms with Gasteiger partial charge in [-0.3, -0.25) is 0 Å². The summed E-state index contributed by atoms with van der Waals surface area (Å²) in [6, 6.07) is 52.5. The second-order valence-corrected chi connectivity index (χ2v) is 20.7. The Morgan fingerprint density at radius 3 is 0.514 bits per heavy atom. The highest BCUT2D eigenvalue weighted by Crippen LogP contribution is 2.78. The molecule has 0 saturated heterocycles. The maximum absolute atomic E-state index is 9.22. The van der Waals surface area contributed by atoms with E-state index in [0.717, 1.165) is 0 Å². The van der Waals surface area contributed by atoms with E-state index in [9.17, 15) is 31.6 Å². The lowest BCUT2D eigenvalue weighted by atomic mass is 10.2. The molecule has 0 spiro atoms. The van der Waals surface area contributed by atoms with E-state index >= 15 is 0 Å². The standard InChI is InChI=1S/C54H36N9O6P3/c55-37-1-7-43-13-25-49(26-14-43)64-70(65-50-27-15-44(16-28-50)8-2-38-56)61-71(66-51-29-17-45(18-30-51)9-3-39-57,67-52-31-19-46(20-32-52)10-4-40-58)63-72(62-70,68-53-33-21-47(22-34-53)11-5-41-59)69-54-35-23-48(24-36-54)12-6-42-60/h1-36H/b7-1+,8-2+,9-3+,10-4+,11-5+,12-6+. The second-order valence-electron chi connectivity index (χ2n) is 14.5. The minimum Gasteiger partial charge on any atom is -0.413 e. The topological polar surface area (TPSA) is 235 Å². The van der Waals surface area contributed by atoms with Gasteiger partial charge in [-0.2, -0.15) is 31.6 Å². The van der Waals surface area contributed by atoms with Crippen molar-refractivity contribution < 1.29 is 27.1 Å². The molecule has 348 valence electrons. The van der Waals surface area contributed by atoms with Crippen LogP contribution in [0.25, 0.3) is 36.5 Å². The van der Waals surface area contributed by atoms with Gasteiger partial charge in [0.2, 0.25) is 0 Å². The normalized spacial score (nSPS) is 14.1. The molecule has 0 bridgehead atoms. The van der Waals surface area contributed by atoms with E-state index in [4.69, 9.17) is 40.7 Å². The fourth-order valence-electron chi connectivity index (χ4n) is 6.22. The summed E-state index contributed by atoms with van der Waals surface area (Å²) in [4.78, 5) is 0.